The molecule has 0 spiro atoms. The van der Waals surface area contributed by atoms with E-state index in [0.717, 1.165) is 4.90 Å². The van der Waals surface area contributed by atoms with Crippen molar-refractivity contribution in [3.63, 3.8) is 0 Å². The molecule has 7 heteroatoms. The largest absolute Gasteiger partial charge is 0.479 e. The van der Waals surface area contributed by atoms with Crippen LogP contribution < -0.4 is 10.1 Å². The summed E-state index contributed by atoms with van der Waals surface area (Å²) in [5.74, 6) is -1.18. The predicted molar refractivity (Wildman–Crippen MR) is 94.3 cm³/mol. The maximum atomic E-state index is 12.8. The minimum Gasteiger partial charge on any atom is -0.479 e. The van der Waals surface area contributed by atoms with Crippen molar-refractivity contribution in [1.82, 2.24) is 0 Å². The molecule has 0 saturated carbocycles. The van der Waals surface area contributed by atoms with E-state index in [2.05, 4.69) is 5.32 Å². The smallest absolute Gasteiger partial charge is 0.347 e. The molecule has 0 aliphatic carbocycles. The second-order valence-electron chi connectivity index (χ2n) is 5.07. The molecule has 25 heavy (non-hydrogen) atoms. The molecule has 0 aliphatic rings. The number of hydrogen-bond acceptors (Lipinski definition) is 5. The quantitative estimate of drug-likeness (QED) is 0.603. The minimum atomic E-state index is -0.920. The Labute approximate surface area is 149 Å². The zero-order valence-electron chi connectivity index (χ0n) is 13.8. The molecule has 2 aromatic carbocycles. The number of rotatable bonds is 7. The van der Waals surface area contributed by atoms with Gasteiger partial charge in [0.05, 0.1) is 5.69 Å². The van der Waals surface area contributed by atoms with Crippen molar-refractivity contribution in [2.45, 2.75) is 17.9 Å². The molecule has 0 aromatic heterocycles. The normalized spacial score (nSPS) is 11.5. The zero-order chi connectivity index (χ0) is 18.2. The van der Waals surface area contributed by atoms with Gasteiger partial charge in [0.2, 0.25) is 0 Å². The van der Waals surface area contributed by atoms with Gasteiger partial charge in [-0.25, -0.2) is 9.18 Å². The van der Waals surface area contributed by atoms with Gasteiger partial charge in [-0.3, -0.25) is 4.79 Å². The molecule has 5 nitrogen and oxygen atoms in total. The highest BCUT2D eigenvalue weighted by Crippen LogP contribution is 2.24. The summed E-state index contributed by atoms with van der Waals surface area (Å²) in [6.45, 7) is 1.07. The van der Waals surface area contributed by atoms with Crippen LogP contribution in [0.1, 0.15) is 6.92 Å². The summed E-state index contributed by atoms with van der Waals surface area (Å²) in [4.78, 5) is 24.7. The van der Waals surface area contributed by atoms with Gasteiger partial charge in [0.1, 0.15) is 11.6 Å². The van der Waals surface area contributed by atoms with E-state index in [1.165, 1.54) is 43.0 Å². The lowest BCUT2D eigenvalue weighted by molar-refractivity contribution is -0.153. The van der Waals surface area contributed by atoms with Gasteiger partial charge >= 0.3 is 5.97 Å². The van der Waals surface area contributed by atoms with Crippen molar-refractivity contribution in [2.75, 3.05) is 18.2 Å². The van der Waals surface area contributed by atoms with Crippen molar-refractivity contribution in [1.29, 1.82) is 0 Å². The molecule has 1 N–H and O–H groups in total. The lowest BCUT2D eigenvalue weighted by Crippen LogP contribution is -2.29. The number of carbonyl (C=O) groups is 2. The van der Waals surface area contributed by atoms with Gasteiger partial charge in [0.25, 0.3) is 5.91 Å². The van der Waals surface area contributed by atoms with Crippen LogP contribution in [0.4, 0.5) is 10.1 Å². The van der Waals surface area contributed by atoms with Crippen molar-refractivity contribution < 1.29 is 23.5 Å². The summed E-state index contributed by atoms with van der Waals surface area (Å²) in [5, 5.41) is 2.69. The Hall–Kier alpha value is -2.54. The fourth-order valence-corrected chi connectivity index (χ4v) is 2.51. The van der Waals surface area contributed by atoms with Gasteiger partial charge in [-0.05, 0) is 49.6 Å². The molecule has 0 bridgehead atoms. The summed E-state index contributed by atoms with van der Waals surface area (Å²) in [6, 6.07) is 12.6. The average molecular weight is 363 g/mol. The van der Waals surface area contributed by atoms with Crippen LogP contribution in [0.25, 0.3) is 0 Å². The second-order valence-corrected chi connectivity index (χ2v) is 5.92. The fourth-order valence-electron chi connectivity index (χ4n) is 1.95. The lowest BCUT2D eigenvalue weighted by atomic mass is 10.3. The number of halogens is 1. The van der Waals surface area contributed by atoms with Crippen LogP contribution in [0.2, 0.25) is 0 Å². The van der Waals surface area contributed by atoms with Gasteiger partial charge in [-0.2, -0.15) is 0 Å². The van der Waals surface area contributed by atoms with Gasteiger partial charge in [0, 0.05) is 4.90 Å². The Balaban J connectivity index is 1.82. The summed E-state index contributed by atoms with van der Waals surface area (Å²) in [7, 11) is 0. The van der Waals surface area contributed by atoms with Crippen LogP contribution in [0.5, 0.6) is 5.75 Å². The molecule has 2 aromatic rings. The molecule has 0 heterocycles. The Morgan fingerprint density at radius 3 is 2.52 bits per heavy atom. The SMILES string of the molecule is CSc1ccccc1NC(=O)COC(=O)[C@@H](C)Oc1ccc(F)cc1. The lowest BCUT2D eigenvalue weighted by Gasteiger charge is -2.14. The van der Waals surface area contributed by atoms with E-state index in [0.29, 0.717) is 11.4 Å². The van der Waals surface area contributed by atoms with Crippen LogP contribution in [0.15, 0.2) is 53.4 Å². The first-order valence-corrected chi connectivity index (χ1v) is 8.74. The molecule has 0 radical (unpaired) electrons. The molecule has 132 valence electrons. The average Bonchev–Trinajstić information content (AvgIpc) is 2.62. The van der Waals surface area contributed by atoms with Crippen LogP contribution in [-0.2, 0) is 14.3 Å². The number of ether oxygens (including phenoxy) is 2. The molecule has 1 amide bonds. The van der Waals surface area contributed by atoms with Crippen LogP contribution in [0.3, 0.4) is 0 Å². The molecule has 0 unspecified atom stereocenters. The number of hydrogen-bond donors (Lipinski definition) is 1. The van der Waals surface area contributed by atoms with Crippen LogP contribution in [-0.4, -0.2) is 30.8 Å². The fraction of sp³-hybridized carbons (Fsp3) is 0.222. The van der Waals surface area contributed by atoms with Crippen molar-refractivity contribution in [3.05, 3.63) is 54.3 Å². The predicted octanol–water partition coefficient (Wildman–Crippen LogP) is 3.50. The topological polar surface area (TPSA) is 64.6 Å². The molecule has 0 fully saturated rings. The third kappa shape index (κ3) is 5.79. The number of amides is 1. The Morgan fingerprint density at radius 1 is 1.16 bits per heavy atom. The number of carbonyl (C=O) groups excluding carboxylic acids is 2. The first-order valence-electron chi connectivity index (χ1n) is 7.51. The van der Waals surface area contributed by atoms with E-state index in [-0.39, 0.29) is 0 Å². The maximum absolute atomic E-state index is 12.8. The van der Waals surface area contributed by atoms with Crippen molar-refractivity contribution in [3.8, 4) is 5.75 Å². The van der Waals surface area contributed by atoms with Crippen LogP contribution >= 0.6 is 11.8 Å². The third-order valence-electron chi connectivity index (χ3n) is 3.19. The van der Waals surface area contributed by atoms with E-state index in [4.69, 9.17) is 9.47 Å². The van der Waals surface area contributed by atoms with Gasteiger partial charge < -0.3 is 14.8 Å². The summed E-state index contributed by atoms with van der Waals surface area (Å²) >= 11 is 1.50. The minimum absolute atomic E-state index is 0.337. The van der Waals surface area contributed by atoms with E-state index in [9.17, 15) is 14.0 Å². The maximum Gasteiger partial charge on any atom is 0.347 e. The first-order chi connectivity index (χ1) is 12.0. The van der Waals surface area contributed by atoms with Gasteiger partial charge in [-0.1, -0.05) is 12.1 Å². The zero-order valence-corrected chi connectivity index (χ0v) is 14.6. The van der Waals surface area contributed by atoms with Crippen LogP contribution in [0, 0.1) is 5.82 Å². The molecule has 0 aliphatic heterocycles. The Morgan fingerprint density at radius 2 is 1.84 bits per heavy atom. The molecule has 0 saturated heterocycles. The monoisotopic (exact) mass is 363 g/mol. The number of esters is 1. The third-order valence-corrected chi connectivity index (χ3v) is 3.98. The van der Waals surface area contributed by atoms with E-state index in [1.807, 2.05) is 18.4 Å². The highest BCUT2D eigenvalue weighted by molar-refractivity contribution is 7.98. The molecular weight excluding hydrogens is 345 g/mol. The van der Waals surface area contributed by atoms with E-state index < -0.39 is 30.4 Å². The first kappa shape index (κ1) is 18.8. The van der Waals surface area contributed by atoms with Gasteiger partial charge in [0.15, 0.2) is 12.7 Å². The standard InChI is InChI=1S/C18H18FNO4S/c1-12(24-14-9-7-13(19)8-10-14)18(22)23-11-17(21)20-15-5-3-4-6-16(15)25-2/h3-10,12H,11H2,1-2H3,(H,20,21)/t12-/m1/s1. The van der Waals surface area contributed by atoms with Gasteiger partial charge in [-0.15, -0.1) is 11.8 Å². The summed E-state index contributed by atoms with van der Waals surface area (Å²) in [6.07, 6.45) is 0.983. The highest BCUT2D eigenvalue weighted by atomic mass is 32.2. The second kappa shape index (κ2) is 9.08. The van der Waals surface area contributed by atoms with Crippen molar-refractivity contribution >= 4 is 29.3 Å². The Kier molecular flexibility index (Phi) is 6.82. The summed E-state index contributed by atoms with van der Waals surface area (Å²) < 4.78 is 23.1. The summed E-state index contributed by atoms with van der Waals surface area (Å²) in [5.41, 5.74) is 0.659. The molecule has 1 atom stereocenters. The molecule has 2 rings (SSSR count). The Bertz CT molecular complexity index is 736. The number of para-hydroxylation sites is 1. The van der Waals surface area contributed by atoms with E-state index >= 15 is 0 Å². The van der Waals surface area contributed by atoms with E-state index in [1.54, 1.807) is 12.1 Å². The highest BCUT2D eigenvalue weighted by Gasteiger charge is 2.18. The number of thioether (sulfide) groups is 1. The number of nitrogens with one attached hydrogen (secondary N) is 1. The number of benzene rings is 2. The van der Waals surface area contributed by atoms with Crippen molar-refractivity contribution in [2.24, 2.45) is 0 Å². The number of anilines is 1. The molecular formula is C18H18FNO4S.